The first-order valence-electron chi connectivity index (χ1n) is 6.43. The molecule has 0 radical (unpaired) electrons. The van der Waals surface area contributed by atoms with Crippen molar-refractivity contribution in [2.24, 2.45) is 5.73 Å². The minimum Gasteiger partial charge on any atom is -0.336 e. The van der Waals surface area contributed by atoms with Gasteiger partial charge < -0.3 is 10.6 Å². The maximum atomic E-state index is 12.5. The lowest BCUT2D eigenvalue weighted by atomic mass is 10.1. The molecule has 1 aromatic heterocycles. The summed E-state index contributed by atoms with van der Waals surface area (Å²) in [6.45, 7) is 1.44. The van der Waals surface area contributed by atoms with Gasteiger partial charge in [0.25, 0.3) is 5.91 Å². The van der Waals surface area contributed by atoms with Gasteiger partial charge in [0.15, 0.2) is 0 Å². The van der Waals surface area contributed by atoms with E-state index in [2.05, 4.69) is 0 Å². The Morgan fingerprint density at radius 1 is 1.26 bits per heavy atom. The summed E-state index contributed by atoms with van der Waals surface area (Å²) >= 11 is 1.51. The fourth-order valence-corrected chi connectivity index (χ4v) is 3.32. The molecule has 2 aromatic rings. The van der Waals surface area contributed by atoms with E-state index in [1.54, 1.807) is 0 Å². The normalized spacial score (nSPS) is 18.8. The summed E-state index contributed by atoms with van der Waals surface area (Å²) in [6, 6.07) is 12.2. The van der Waals surface area contributed by atoms with E-state index in [1.807, 2.05) is 46.7 Å². The minimum absolute atomic E-state index is 0.113. The van der Waals surface area contributed by atoms with E-state index in [0.717, 1.165) is 29.0 Å². The molecule has 0 unspecified atom stereocenters. The summed E-state index contributed by atoms with van der Waals surface area (Å²) in [4.78, 5) is 15.2. The summed E-state index contributed by atoms with van der Waals surface area (Å²) in [5.41, 5.74) is 7.99. The molecule has 0 saturated carbocycles. The predicted molar refractivity (Wildman–Crippen MR) is 78.3 cm³/mol. The Bertz CT molecular complexity index is 579. The van der Waals surface area contributed by atoms with Gasteiger partial charge in [0.2, 0.25) is 0 Å². The third kappa shape index (κ3) is 2.41. The van der Waals surface area contributed by atoms with Gasteiger partial charge in [0.05, 0.1) is 4.88 Å². The number of likely N-dealkylation sites (tertiary alicyclic amines) is 1. The maximum Gasteiger partial charge on any atom is 0.264 e. The average Bonchev–Trinajstić information content (AvgIpc) is 3.07. The Kier molecular flexibility index (Phi) is 3.36. The Morgan fingerprint density at radius 3 is 2.74 bits per heavy atom. The zero-order valence-corrected chi connectivity index (χ0v) is 11.4. The van der Waals surface area contributed by atoms with E-state index in [0.29, 0.717) is 6.54 Å². The van der Waals surface area contributed by atoms with Gasteiger partial charge in [-0.05, 0) is 23.4 Å². The number of amides is 1. The molecular weight excluding hydrogens is 256 g/mol. The standard InChI is InChI=1S/C15H16N2OS/c16-12-6-8-17(10-12)15(18)14-13(7-9-19-14)11-4-2-1-3-5-11/h1-5,7,9,12H,6,8,10,16H2/t12-/m1/s1. The molecule has 2 N–H and O–H groups in total. The molecule has 3 nitrogen and oxygen atoms in total. The zero-order chi connectivity index (χ0) is 13.2. The van der Waals surface area contributed by atoms with Gasteiger partial charge in [-0.25, -0.2) is 0 Å². The Labute approximate surface area is 116 Å². The maximum absolute atomic E-state index is 12.5. The van der Waals surface area contributed by atoms with Crippen LogP contribution in [0.1, 0.15) is 16.1 Å². The highest BCUT2D eigenvalue weighted by molar-refractivity contribution is 7.12. The smallest absolute Gasteiger partial charge is 0.264 e. The number of nitrogens with zero attached hydrogens (tertiary/aromatic N) is 1. The molecule has 19 heavy (non-hydrogen) atoms. The van der Waals surface area contributed by atoms with Crippen LogP contribution in [0.2, 0.25) is 0 Å². The van der Waals surface area contributed by atoms with Crippen LogP contribution in [0.3, 0.4) is 0 Å². The fourth-order valence-electron chi connectivity index (χ4n) is 2.44. The first-order valence-corrected chi connectivity index (χ1v) is 7.31. The van der Waals surface area contributed by atoms with E-state index in [1.165, 1.54) is 11.3 Å². The average molecular weight is 272 g/mol. The molecule has 0 spiro atoms. The zero-order valence-electron chi connectivity index (χ0n) is 10.6. The SMILES string of the molecule is N[C@@H]1CCN(C(=O)c2sccc2-c2ccccc2)C1. The van der Waals surface area contributed by atoms with Crippen molar-refractivity contribution in [3.63, 3.8) is 0 Å². The lowest BCUT2D eigenvalue weighted by Crippen LogP contribution is -2.31. The van der Waals surface area contributed by atoms with Gasteiger partial charge >= 0.3 is 0 Å². The largest absolute Gasteiger partial charge is 0.336 e. The number of rotatable bonds is 2. The molecule has 98 valence electrons. The molecule has 1 fully saturated rings. The molecule has 1 amide bonds. The Hall–Kier alpha value is -1.65. The third-order valence-electron chi connectivity index (χ3n) is 3.46. The first kappa shape index (κ1) is 12.4. The summed E-state index contributed by atoms with van der Waals surface area (Å²) in [5, 5.41) is 1.98. The van der Waals surface area contributed by atoms with Crippen molar-refractivity contribution in [2.75, 3.05) is 13.1 Å². The monoisotopic (exact) mass is 272 g/mol. The second-order valence-electron chi connectivity index (χ2n) is 4.83. The lowest BCUT2D eigenvalue weighted by Gasteiger charge is -2.15. The fraction of sp³-hybridized carbons (Fsp3) is 0.267. The highest BCUT2D eigenvalue weighted by Gasteiger charge is 2.26. The Morgan fingerprint density at radius 2 is 2.05 bits per heavy atom. The summed E-state index contributed by atoms with van der Waals surface area (Å²) < 4.78 is 0. The van der Waals surface area contributed by atoms with Gasteiger partial charge in [-0.1, -0.05) is 30.3 Å². The van der Waals surface area contributed by atoms with Crippen LogP contribution in [0.15, 0.2) is 41.8 Å². The van der Waals surface area contributed by atoms with E-state index >= 15 is 0 Å². The molecule has 0 aliphatic carbocycles. The van der Waals surface area contributed by atoms with Crippen LogP contribution in [-0.4, -0.2) is 29.9 Å². The van der Waals surface area contributed by atoms with Crippen molar-refractivity contribution in [3.8, 4) is 11.1 Å². The van der Waals surface area contributed by atoms with Crippen LogP contribution in [0.4, 0.5) is 0 Å². The van der Waals surface area contributed by atoms with Crippen molar-refractivity contribution in [1.29, 1.82) is 0 Å². The molecule has 2 heterocycles. The minimum atomic E-state index is 0.113. The van der Waals surface area contributed by atoms with E-state index in [9.17, 15) is 4.79 Å². The second kappa shape index (κ2) is 5.15. The van der Waals surface area contributed by atoms with E-state index in [-0.39, 0.29) is 11.9 Å². The lowest BCUT2D eigenvalue weighted by molar-refractivity contribution is 0.0796. The van der Waals surface area contributed by atoms with Crippen LogP contribution in [0.25, 0.3) is 11.1 Å². The molecule has 1 saturated heterocycles. The van der Waals surface area contributed by atoms with Crippen molar-refractivity contribution >= 4 is 17.2 Å². The molecule has 1 aliphatic heterocycles. The van der Waals surface area contributed by atoms with Crippen LogP contribution in [-0.2, 0) is 0 Å². The topological polar surface area (TPSA) is 46.3 Å². The number of carbonyl (C=O) groups is 1. The van der Waals surface area contributed by atoms with E-state index < -0.39 is 0 Å². The molecule has 4 heteroatoms. The third-order valence-corrected chi connectivity index (χ3v) is 4.36. The number of thiophene rings is 1. The number of benzene rings is 1. The van der Waals surface area contributed by atoms with Gasteiger partial charge in [-0.3, -0.25) is 4.79 Å². The highest BCUT2D eigenvalue weighted by atomic mass is 32.1. The summed E-state index contributed by atoms with van der Waals surface area (Å²) in [5.74, 6) is 0.113. The molecular formula is C15H16N2OS. The van der Waals surface area contributed by atoms with Gasteiger partial charge in [-0.2, -0.15) is 0 Å². The van der Waals surface area contributed by atoms with Gasteiger partial charge in [-0.15, -0.1) is 11.3 Å². The van der Waals surface area contributed by atoms with Crippen LogP contribution >= 0.6 is 11.3 Å². The number of carbonyl (C=O) groups excluding carboxylic acids is 1. The van der Waals surface area contributed by atoms with Crippen molar-refractivity contribution in [2.45, 2.75) is 12.5 Å². The molecule has 1 aromatic carbocycles. The van der Waals surface area contributed by atoms with Crippen molar-refractivity contribution < 1.29 is 4.79 Å². The number of hydrogen-bond donors (Lipinski definition) is 1. The van der Waals surface area contributed by atoms with Crippen LogP contribution < -0.4 is 5.73 Å². The number of hydrogen-bond acceptors (Lipinski definition) is 3. The molecule has 0 bridgehead atoms. The van der Waals surface area contributed by atoms with Crippen LogP contribution in [0.5, 0.6) is 0 Å². The second-order valence-corrected chi connectivity index (χ2v) is 5.75. The summed E-state index contributed by atoms with van der Waals surface area (Å²) in [6.07, 6.45) is 0.901. The first-order chi connectivity index (χ1) is 9.25. The molecule has 1 aliphatic rings. The van der Waals surface area contributed by atoms with Crippen LogP contribution in [0, 0.1) is 0 Å². The predicted octanol–water partition coefficient (Wildman–Crippen LogP) is 2.59. The summed E-state index contributed by atoms with van der Waals surface area (Å²) in [7, 11) is 0. The highest BCUT2D eigenvalue weighted by Crippen LogP contribution is 2.30. The Balaban J connectivity index is 1.90. The van der Waals surface area contributed by atoms with Gasteiger partial charge in [0.1, 0.15) is 0 Å². The van der Waals surface area contributed by atoms with Gasteiger partial charge in [0, 0.05) is 24.7 Å². The van der Waals surface area contributed by atoms with Crippen molar-refractivity contribution in [1.82, 2.24) is 4.90 Å². The van der Waals surface area contributed by atoms with E-state index in [4.69, 9.17) is 5.73 Å². The van der Waals surface area contributed by atoms with Crippen molar-refractivity contribution in [3.05, 3.63) is 46.7 Å². The molecule has 3 rings (SSSR count). The number of nitrogens with two attached hydrogens (primary N) is 1. The quantitative estimate of drug-likeness (QED) is 0.913. The molecule has 1 atom stereocenters.